The Hall–Kier alpha value is -1.56. The molecule has 1 atom stereocenters. The quantitative estimate of drug-likeness (QED) is 0.597. The third kappa shape index (κ3) is 3.72. The molecule has 0 fully saturated rings. The molecular weight excluding hydrogens is 260 g/mol. The molecule has 20 heavy (non-hydrogen) atoms. The minimum atomic E-state index is -1.37. The lowest BCUT2D eigenvalue weighted by atomic mass is 9.94. The summed E-state index contributed by atoms with van der Waals surface area (Å²) in [6.45, 7) is 7.46. The van der Waals surface area contributed by atoms with Gasteiger partial charge in [0.25, 0.3) is 0 Å². The van der Waals surface area contributed by atoms with E-state index in [2.05, 4.69) is 73.6 Å². The van der Waals surface area contributed by atoms with E-state index >= 15 is 0 Å². The minimum Gasteiger partial charge on any atom is -0.383 e. The zero-order valence-electron chi connectivity index (χ0n) is 12.7. The SMILES string of the molecule is COCC(C#C[Si](C)(C)C)c1cccc2ccccc12. The lowest BCUT2D eigenvalue weighted by Gasteiger charge is -2.14. The van der Waals surface area contributed by atoms with E-state index < -0.39 is 8.07 Å². The van der Waals surface area contributed by atoms with Crippen LogP contribution in [-0.4, -0.2) is 21.8 Å². The van der Waals surface area contributed by atoms with Crippen molar-refractivity contribution in [1.29, 1.82) is 0 Å². The Balaban J connectivity index is 2.48. The number of hydrogen-bond acceptors (Lipinski definition) is 1. The van der Waals surface area contributed by atoms with E-state index in [-0.39, 0.29) is 5.92 Å². The average Bonchev–Trinajstić information content (AvgIpc) is 2.42. The molecule has 0 aromatic heterocycles. The second-order valence-electron chi connectivity index (χ2n) is 6.10. The van der Waals surface area contributed by atoms with E-state index in [1.54, 1.807) is 7.11 Å². The highest BCUT2D eigenvalue weighted by Crippen LogP contribution is 2.25. The lowest BCUT2D eigenvalue weighted by molar-refractivity contribution is 0.193. The Labute approximate surface area is 123 Å². The summed E-state index contributed by atoms with van der Waals surface area (Å²) < 4.78 is 5.39. The maximum absolute atomic E-state index is 5.39. The molecule has 0 aliphatic heterocycles. The number of benzene rings is 2. The van der Waals surface area contributed by atoms with Crippen molar-refractivity contribution in [3.05, 3.63) is 48.0 Å². The monoisotopic (exact) mass is 282 g/mol. The molecule has 1 unspecified atom stereocenters. The fourth-order valence-electron chi connectivity index (χ4n) is 2.23. The summed E-state index contributed by atoms with van der Waals surface area (Å²) in [6.07, 6.45) is 0. The summed E-state index contributed by atoms with van der Waals surface area (Å²) >= 11 is 0. The van der Waals surface area contributed by atoms with Gasteiger partial charge < -0.3 is 4.74 Å². The standard InChI is InChI=1S/C18H22OSi/c1-19-14-16(12-13-20(2,3)4)18-11-7-9-15-8-5-6-10-17(15)18/h5-11,16H,14H2,1-4H3. The molecule has 2 rings (SSSR count). The molecule has 1 nitrogen and oxygen atoms in total. The van der Waals surface area contributed by atoms with E-state index in [0.717, 1.165) is 0 Å². The summed E-state index contributed by atoms with van der Waals surface area (Å²) in [5, 5.41) is 2.54. The summed E-state index contributed by atoms with van der Waals surface area (Å²) in [4.78, 5) is 0. The average molecular weight is 282 g/mol. The van der Waals surface area contributed by atoms with Gasteiger partial charge in [0.15, 0.2) is 0 Å². The van der Waals surface area contributed by atoms with E-state index in [9.17, 15) is 0 Å². The van der Waals surface area contributed by atoms with Crippen LogP contribution >= 0.6 is 0 Å². The Morgan fingerprint density at radius 3 is 2.45 bits per heavy atom. The van der Waals surface area contributed by atoms with Crippen molar-refractivity contribution in [2.45, 2.75) is 25.6 Å². The molecule has 0 heterocycles. The van der Waals surface area contributed by atoms with Crippen LogP contribution in [0.3, 0.4) is 0 Å². The third-order valence-electron chi connectivity index (χ3n) is 3.15. The maximum atomic E-state index is 5.39. The molecule has 2 aromatic carbocycles. The van der Waals surface area contributed by atoms with Crippen LogP contribution in [-0.2, 0) is 4.74 Å². The number of rotatable bonds is 3. The van der Waals surface area contributed by atoms with Gasteiger partial charge in [0, 0.05) is 7.11 Å². The van der Waals surface area contributed by atoms with Gasteiger partial charge in [0.05, 0.1) is 12.5 Å². The first-order chi connectivity index (χ1) is 9.51. The highest BCUT2D eigenvalue weighted by atomic mass is 28.3. The first-order valence-electron chi connectivity index (χ1n) is 7.00. The van der Waals surface area contributed by atoms with Crippen LogP contribution in [0.4, 0.5) is 0 Å². The van der Waals surface area contributed by atoms with Gasteiger partial charge in [-0.15, -0.1) is 5.54 Å². The molecule has 0 bridgehead atoms. The predicted octanol–water partition coefficient (Wildman–Crippen LogP) is 4.45. The van der Waals surface area contributed by atoms with E-state index in [0.29, 0.717) is 6.61 Å². The fraction of sp³-hybridized carbons (Fsp3) is 0.333. The molecule has 0 aliphatic rings. The summed E-state index contributed by atoms with van der Waals surface area (Å²) in [7, 11) is 0.378. The Morgan fingerprint density at radius 2 is 1.75 bits per heavy atom. The number of hydrogen-bond donors (Lipinski definition) is 0. The number of methoxy groups -OCH3 is 1. The molecule has 0 saturated heterocycles. The zero-order valence-corrected chi connectivity index (χ0v) is 13.7. The van der Waals surface area contributed by atoms with Gasteiger partial charge in [0.2, 0.25) is 0 Å². The van der Waals surface area contributed by atoms with Crippen molar-refractivity contribution in [2.75, 3.05) is 13.7 Å². The van der Waals surface area contributed by atoms with Gasteiger partial charge in [-0.3, -0.25) is 0 Å². The van der Waals surface area contributed by atoms with Crippen molar-refractivity contribution in [1.82, 2.24) is 0 Å². The lowest BCUT2D eigenvalue weighted by Crippen LogP contribution is -2.17. The molecule has 2 aromatic rings. The van der Waals surface area contributed by atoms with Crippen LogP contribution in [0, 0.1) is 11.5 Å². The summed E-state index contributed by atoms with van der Waals surface area (Å²) in [5.74, 6) is 3.61. The van der Waals surface area contributed by atoms with Crippen LogP contribution in [0.15, 0.2) is 42.5 Å². The molecule has 104 valence electrons. The molecule has 0 N–H and O–H groups in total. The van der Waals surface area contributed by atoms with Crippen LogP contribution in [0.2, 0.25) is 19.6 Å². The van der Waals surface area contributed by atoms with Gasteiger partial charge in [-0.25, -0.2) is 0 Å². The highest BCUT2D eigenvalue weighted by Gasteiger charge is 2.14. The zero-order chi connectivity index (χ0) is 14.6. The molecule has 0 saturated carbocycles. The normalized spacial score (nSPS) is 12.8. The van der Waals surface area contributed by atoms with Crippen molar-refractivity contribution in [3.63, 3.8) is 0 Å². The van der Waals surface area contributed by atoms with E-state index in [4.69, 9.17) is 4.74 Å². The maximum Gasteiger partial charge on any atom is 0.129 e. The van der Waals surface area contributed by atoms with Crippen LogP contribution in [0.5, 0.6) is 0 Å². The molecule has 0 radical (unpaired) electrons. The minimum absolute atomic E-state index is 0.151. The largest absolute Gasteiger partial charge is 0.383 e. The fourth-order valence-corrected chi connectivity index (χ4v) is 2.84. The van der Waals surface area contributed by atoms with Gasteiger partial charge >= 0.3 is 0 Å². The van der Waals surface area contributed by atoms with Crippen LogP contribution in [0.1, 0.15) is 11.5 Å². The molecule has 0 aliphatic carbocycles. The number of ether oxygens (including phenoxy) is 1. The van der Waals surface area contributed by atoms with E-state index in [1.165, 1.54) is 16.3 Å². The van der Waals surface area contributed by atoms with Gasteiger partial charge in [-0.1, -0.05) is 68.0 Å². The third-order valence-corrected chi connectivity index (χ3v) is 4.05. The molecule has 0 spiro atoms. The second kappa shape index (κ2) is 6.26. The number of fused-ring (bicyclic) bond motifs is 1. The Kier molecular flexibility index (Phi) is 4.64. The molecule has 2 heteroatoms. The second-order valence-corrected chi connectivity index (χ2v) is 10.8. The van der Waals surface area contributed by atoms with Crippen LogP contribution in [0.25, 0.3) is 10.8 Å². The Morgan fingerprint density at radius 1 is 1.05 bits per heavy atom. The summed E-state index contributed by atoms with van der Waals surface area (Å²) in [5.41, 5.74) is 4.75. The van der Waals surface area contributed by atoms with Gasteiger partial charge in [-0.05, 0) is 16.3 Å². The molecular formula is C18H22OSi. The van der Waals surface area contributed by atoms with Gasteiger partial charge in [0.1, 0.15) is 8.07 Å². The van der Waals surface area contributed by atoms with Crippen LogP contribution < -0.4 is 0 Å². The molecule has 0 amide bonds. The predicted molar refractivity (Wildman–Crippen MR) is 89.7 cm³/mol. The van der Waals surface area contributed by atoms with Crippen molar-refractivity contribution < 1.29 is 4.74 Å². The van der Waals surface area contributed by atoms with Crippen molar-refractivity contribution in [3.8, 4) is 11.5 Å². The topological polar surface area (TPSA) is 9.23 Å². The van der Waals surface area contributed by atoms with E-state index in [1.807, 2.05) is 0 Å². The highest BCUT2D eigenvalue weighted by molar-refractivity contribution is 6.83. The summed E-state index contributed by atoms with van der Waals surface area (Å²) in [6, 6.07) is 14.9. The first kappa shape index (κ1) is 14.8. The van der Waals surface area contributed by atoms with Crippen molar-refractivity contribution in [2.24, 2.45) is 0 Å². The first-order valence-corrected chi connectivity index (χ1v) is 10.5. The van der Waals surface area contributed by atoms with Crippen molar-refractivity contribution >= 4 is 18.8 Å². The smallest absolute Gasteiger partial charge is 0.129 e. The Bertz CT molecular complexity index is 638. The van der Waals surface area contributed by atoms with Gasteiger partial charge in [-0.2, -0.15) is 0 Å².